The van der Waals surface area contributed by atoms with Gasteiger partial charge in [0.15, 0.2) is 0 Å². The molecular formula is C32H35FN6O. The number of halogens is 1. The minimum atomic E-state index is -0.212. The van der Waals surface area contributed by atoms with Gasteiger partial charge in [0.2, 0.25) is 0 Å². The van der Waals surface area contributed by atoms with E-state index >= 15 is 0 Å². The van der Waals surface area contributed by atoms with Crippen LogP contribution >= 0.6 is 0 Å². The largest absolute Gasteiger partial charge is 0.375 e. The summed E-state index contributed by atoms with van der Waals surface area (Å²) in [5, 5.41) is 12.7. The number of aromatic amines is 1. The molecule has 1 aliphatic heterocycles. The molecule has 6 rings (SSSR count). The highest BCUT2D eigenvalue weighted by Gasteiger charge is 2.30. The van der Waals surface area contributed by atoms with Crippen molar-refractivity contribution in [2.75, 3.05) is 26.2 Å². The van der Waals surface area contributed by atoms with E-state index in [9.17, 15) is 4.39 Å². The van der Waals surface area contributed by atoms with Crippen molar-refractivity contribution >= 4 is 10.9 Å². The number of hydrogen-bond acceptors (Lipinski definition) is 5. The third kappa shape index (κ3) is 6.14. The van der Waals surface area contributed by atoms with Gasteiger partial charge in [0, 0.05) is 48.5 Å². The van der Waals surface area contributed by atoms with E-state index in [-0.39, 0.29) is 11.9 Å². The molecule has 0 aliphatic carbocycles. The Hall–Kier alpha value is -3.85. The third-order valence-electron chi connectivity index (χ3n) is 7.89. The zero-order valence-electron chi connectivity index (χ0n) is 22.5. The van der Waals surface area contributed by atoms with Gasteiger partial charge < -0.3 is 15.0 Å². The minimum absolute atomic E-state index is 0.0656. The molecule has 40 heavy (non-hydrogen) atoms. The topological polar surface area (TPSA) is 71.0 Å². The van der Waals surface area contributed by atoms with Crippen LogP contribution in [-0.4, -0.2) is 56.9 Å². The number of nitrogens with zero attached hydrogens (tertiary/aromatic N) is 4. The molecule has 8 heteroatoms. The predicted octanol–water partition coefficient (Wildman–Crippen LogP) is 5.44. The summed E-state index contributed by atoms with van der Waals surface area (Å²) >= 11 is 0. The second-order valence-electron chi connectivity index (χ2n) is 10.5. The van der Waals surface area contributed by atoms with Gasteiger partial charge in [-0.25, -0.2) is 4.39 Å². The number of rotatable bonds is 11. The van der Waals surface area contributed by atoms with Crippen LogP contribution in [0.3, 0.4) is 0 Å². The van der Waals surface area contributed by atoms with Crippen molar-refractivity contribution in [1.29, 1.82) is 0 Å². The first kappa shape index (κ1) is 26.4. The summed E-state index contributed by atoms with van der Waals surface area (Å²) in [6, 6.07) is 24.0. The van der Waals surface area contributed by atoms with E-state index in [4.69, 9.17) is 4.74 Å². The van der Waals surface area contributed by atoms with E-state index < -0.39 is 0 Å². The molecule has 206 valence electrons. The molecule has 2 unspecified atom stereocenters. The van der Waals surface area contributed by atoms with Gasteiger partial charge in [-0.15, -0.1) is 10.2 Å². The minimum Gasteiger partial charge on any atom is -0.375 e. The van der Waals surface area contributed by atoms with Crippen LogP contribution in [0.25, 0.3) is 16.6 Å². The average Bonchev–Trinajstić information content (AvgIpc) is 3.68. The molecule has 0 amide bonds. The lowest BCUT2D eigenvalue weighted by molar-refractivity contribution is 0.0176. The third-order valence-corrected chi connectivity index (χ3v) is 7.89. The van der Waals surface area contributed by atoms with E-state index in [0.29, 0.717) is 19.3 Å². The summed E-state index contributed by atoms with van der Waals surface area (Å²) in [5.74, 6) is -0.212. The Morgan fingerprint density at radius 3 is 2.65 bits per heavy atom. The molecule has 5 aromatic rings. The van der Waals surface area contributed by atoms with Crippen LogP contribution in [0.4, 0.5) is 4.39 Å². The number of aromatic nitrogens is 4. The molecule has 2 atom stereocenters. The number of H-pyrrole nitrogens is 1. The fraction of sp³-hybridized carbons (Fsp3) is 0.312. The highest BCUT2D eigenvalue weighted by atomic mass is 19.1. The molecule has 0 bridgehead atoms. The lowest BCUT2D eigenvalue weighted by Gasteiger charge is -2.42. The second kappa shape index (κ2) is 12.6. The van der Waals surface area contributed by atoms with Crippen LogP contribution in [-0.2, 0) is 17.8 Å². The summed E-state index contributed by atoms with van der Waals surface area (Å²) < 4.78 is 22.0. The summed E-state index contributed by atoms with van der Waals surface area (Å²) in [6.07, 6.45) is 8.69. The van der Waals surface area contributed by atoms with Crippen LogP contribution in [0.5, 0.6) is 0 Å². The quantitative estimate of drug-likeness (QED) is 0.234. The van der Waals surface area contributed by atoms with E-state index in [1.54, 1.807) is 24.8 Å². The summed E-state index contributed by atoms with van der Waals surface area (Å²) in [6.45, 7) is 3.92. The summed E-state index contributed by atoms with van der Waals surface area (Å²) in [4.78, 5) is 5.99. The Kier molecular flexibility index (Phi) is 8.28. The molecule has 0 radical (unpaired) electrons. The maximum atomic E-state index is 13.8. The Morgan fingerprint density at radius 2 is 1.82 bits per heavy atom. The van der Waals surface area contributed by atoms with Gasteiger partial charge in [-0.3, -0.25) is 9.47 Å². The first-order chi connectivity index (χ1) is 19.7. The number of fused-ring (bicyclic) bond motifs is 1. The lowest BCUT2D eigenvalue weighted by Crippen LogP contribution is -2.53. The number of benzene rings is 3. The molecule has 1 aliphatic rings. The Bertz CT molecular complexity index is 1490. The molecule has 2 N–H and O–H groups in total. The van der Waals surface area contributed by atoms with Gasteiger partial charge in [-0.1, -0.05) is 42.5 Å². The van der Waals surface area contributed by atoms with Crippen LogP contribution in [0.15, 0.2) is 91.6 Å². The maximum Gasteiger partial charge on any atom is 0.123 e. The molecule has 7 nitrogen and oxygen atoms in total. The number of ether oxygens (including phenoxy) is 1. The average molecular weight is 539 g/mol. The second-order valence-corrected chi connectivity index (χ2v) is 10.5. The maximum absolute atomic E-state index is 13.8. The molecule has 2 aromatic heterocycles. The smallest absolute Gasteiger partial charge is 0.123 e. The Labute approximate surface area is 234 Å². The van der Waals surface area contributed by atoms with Crippen LogP contribution in [0.2, 0.25) is 0 Å². The molecule has 1 fully saturated rings. The number of aryl methyl sites for hydroxylation is 1. The Morgan fingerprint density at radius 1 is 1.00 bits per heavy atom. The normalized spacial score (nSPS) is 16.9. The van der Waals surface area contributed by atoms with Crippen molar-refractivity contribution in [3.63, 3.8) is 0 Å². The van der Waals surface area contributed by atoms with Crippen molar-refractivity contribution in [2.45, 2.75) is 38.0 Å². The molecule has 0 saturated carbocycles. The van der Waals surface area contributed by atoms with Crippen molar-refractivity contribution in [3.8, 4) is 5.69 Å². The van der Waals surface area contributed by atoms with E-state index in [1.165, 1.54) is 10.9 Å². The molecule has 3 heterocycles. The SMILES string of the molecule is Fc1ccc(C(COCc2ccccc2)N2CCNCC2CCCc2c[nH]c3ccc(-n4cnnc4)cc23)cc1. The molecule has 0 spiro atoms. The van der Waals surface area contributed by atoms with Gasteiger partial charge in [0.25, 0.3) is 0 Å². The summed E-state index contributed by atoms with van der Waals surface area (Å²) in [5.41, 5.74) is 5.77. The van der Waals surface area contributed by atoms with Gasteiger partial charge in [-0.05, 0) is 66.3 Å². The molecular weight excluding hydrogens is 503 g/mol. The van der Waals surface area contributed by atoms with Gasteiger partial charge >= 0.3 is 0 Å². The van der Waals surface area contributed by atoms with E-state index in [1.807, 2.05) is 34.9 Å². The summed E-state index contributed by atoms with van der Waals surface area (Å²) in [7, 11) is 0. The van der Waals surface area contributed by atoms with Crippen molar-refractivity contribution < 1.29 is 9.13 Å². The van der Waals surface area contributed by atoms with Gasteiger partial charge in [0.05, 0.1) is 19.3 Å². The zero-order valence-corrected chi connectivity index (χ0v) is 22.5. The monoisotopic (exact) mass is 538 g/mol. The first-order valence-electron chi connectivity index (χ1n) is 14.0. The van der Waals surface area contributed by atoms with Gasteiger partial charge in [-0.2, -0.15) is 0 Å². The number of piperazine rings is 1. The van der Waals surface area contributed by atoms with E-state index in [0.717, 1.165) is 61.2 Å². The van der Waals surface area contributed by atoms with Crippen LogP contribution < -0.4 is 5.32 Å². The molecule has 1 saturated heterocycles. The highest BCUT2D eigenvalue weighted by molar-refractivity contribution is 5.85. The fourth-order valence-corrected chi connectivity index (χ4v) is 5.78. The van der Waals surface area contributed by atoms with E-state index in [2.05, 4.69) is 61.9 Å². The van der Waals surface area contributed by atoms with Crippen molar-refractivity contribution in [3.05, 3.63) is 114 Å². The zero-order chi connectivity index (χ0) is 27.1. The van der Waals surface area contributed by atoms with Crippen molar-refractivity contribution in [2.24, 2.45) is 0 Å². The van der Waals surface area contributed by atoms with Crippen molar-refractivity contribution in [1.82, 2.24) is 30.0 Å². The lowest BCUT2D eigenvalue weighted by atomic mass is 9.97. The predicted molar refractivity (Wildman–Crippen MR) is 155 cm³/mol. The highest BCUT2D eigenvalue weighted by Crippen LogP contribution is 2.28. The fourth-order valence-electron chi connectivity index (χ4n) is 5.78. The standard InChI is InChI=1S/C32H35FN6O/c33-27-11-9-25(10-12-27)32(21-40-20-24-5-2-1-3-6-24)39-16-15-34-19-29(39)8-4-7-26-18-35-31-14-13-28(17-30(26)31)38-22-36-37-23-38/h1-3,5-6,9-14,17-18,22-23,29,32,34-35H,4,7-8,15-16,19-21H2. The van der Waals surface area contributed by atoms with Crippen LogP contribution in [0, 0.1) is 5.82 Å². The number of nitrogens with one attached hydrogen (secondary N) is 2. The first-order valence-corrected chi connectivity index (χ1v) is 14.0. The van der Waals surface area contributed by atoms with Gasteiger partial charge in [0.1, 0.15) is 18.5 Å². The number of hydrogen-bond donors (Lipinski definition) is 2. The molecule has 3 aromatic carbocycles. The Balaban J connectivity index is 1.14. The van der Waals surface area contributed by atoms with Crippen LogP contribution in [0.1, 0.15) is 35.6 Å².